The van der Waals surface area contributed by atoms with Gasteiger partial charge in [0.25, 0.3) is 0 Å². The average molecular weight is 268 g/mol. The van der Waals surface area contributed by atoms with Gasteiger partial charge < -0.3 is 0 Å². The number of hydrogen-bond donors (Lipinski definition) is 0. The Morgan fingerprint density at radius 1 is 1.43 bits per heavy atom. The number of allylic oxidation sites excluding steroid dienone is 1. The highest BCUT2D eigenvalue weighted by molar-refractivity contribution is 9.15. The highest BCUT2D eigenvalue weighted by atomic mass is 79.9. The van der Waals surface area contributed by atoms with Crippen molar-refractivity contribution in [1.82, 2.24) is 0 Å². The van der Waals surface area contributed by atoms with Gasteiger partial charge in [-0.1, -0.05) is 37.3 Å². The number of thioether (sulfide) groups is 1. The van der Waals surface area contributed by atoms with Gasteiger partial charge in [0.05, 0.1) is 4.91 Å². The second-order valence-corrected chi connectivity index (χ2v) is 4.62. The van der Waals surface area contributed by atoms with Crippen LogP contribution < -0.4 is 0 Å². The van der Waals surface area contributed by atoms with Crippen LogP contribution in [0, 0.1) is 11.3 Å². The first-order chi connectivity index (χ1) is 6.79. The van der Waals surface area contributed by atoms with Crippen molar-refractivity contribution in [3.05, 3.63) is 40.8 Å². The molecule has 0 radical (unpaired) electrons. The second-order valence-electron chi connectivity index (χ2n) is 2.55. The first kappa shape index (κ1) is 11.4. The molecule has 0 amide bonds. The summed E-state index contributed by atoms with van der Waals surface area (Å²) in [5, 5.41) is 8.93. The van der Waals surface area contributed by atoms with Crippen molar-refractivity contribution in [2.45, 2.75) is 6.92 Å². The molecule has 1 rings (SSSR count). The summed E-state index contributed by atoms with van der Waals surface area (Å²) in [7, 11) is 0. The maximum atomic E-state index is 8.93. The largest absolute Gasteiger partial charge is 0.192 e. The van der Waals surface area contributed by atoms with Crippen LogP contribution >= 0.6 is 27.7 Å². The minimum absolute atomic E-state index is 0.735. The van der Waals surface area contributed by atoms with Crippen LogP contribution in [0.25, 0.3) is 4.48 Å². The van der Waals surface area contributed by atoms with Crippen LogP contribution in [0.1, 0.15) is 12.5 Å². The summed E-state index contributed by atoms with van der Waals surface area (Å²) in [5.74, 6) is 0.908. The summed E-state index contributed by atoms with van der Waals surface area (Å²) in [4.78, 5) is 0.735. The third-order valence-electron chi connectivity index (χ3n) is 1.62. The zero-order valence-electron chi connectivity index (χ0n) is 7.83. The van der Waals surface area contributed by atoms with Crippen LogP contribution in [0.15, 0.2) is 35.2 Å². The first-order valence-electron chi connectivity index (χ1n) is 4.27. The Kier molecular flexibility index (Phi) is 4.78. The standard InChI is InChI=1S/C11H10BrNS/c1-2-14-10(8-13)11(12)9-6-4-3-5-7-9/h3-7H,2H2,1H3. The van der Waals surface area contributed by atoms with Crippen LogP contribution in [-0.4, -0.2) is 5.75 Å². The molecule has 72 valence electrons. The number of hydrogen-bond acceptors (Lipinski definition) is 2. The molecule has 0 aliphatic rings. The van der Waals surface area contributed by atoms with E-state index in [4.69, 9.17) is 5.26 Å². The molecule has 1 nitrogen and oxygen atoms in total. The highest BCUT2D eigenvalue weighted by Gasteiger charge is 2.05. The van der Waals surface area contributed by atoms with Gasteiger partial charge >= 0.3 is 0 Å². The topological polar surface area (TPSA) is 23.8 Å². The number of halogens is 1. The van der Waals surface area contributed by atoms with Crippen molar-refractivity contribution in [3.8, 4) is 6.07 Å². The molecule has 14 heavy (non-hydrogen) atoms. The molecule has 0 N–H and O–H groups in total. The Labute approximate surface area is 96.9 Å². The quantitative estimate of drug-likeness (QED) is 0.773. The fourth-order valence-electron chi connectivity index (χ4n) is 1.00. The lowest BCUT2D eigenvalue weighted by Crippen LogP contribution is -1.81. The Bertz CT molecular complexity index is 365. The molecule has 0 heterocycles. The SMILES string of the molecule is CCSC(C#N)=C(Br)c1ccccc1. The maximum Gasteiger partial charge on any atom is 0.107 e. The molecular weight excluding hydrogens is 258 g/mol. The Morgan fingerprint density at radius 2 is 2.07 bits per heavy atom. The number of nitrogens with zero attached hydrogens (tertiary/aromatic N) is 1. The second kappa shape index (κ2) is 5.90. The third kappa shape index (κ3) is 2.90. The summed E-state index contributed by atoms with van der Waals surface area (Å²) in [5.41, 5.74) is 1.05. The minimum atomic E-state index is 0.735. The predicted molar refractivity (Wildman–Crippen MR) is 66.0 cm³/mol. The van der Waals surface area contributed by atoms with Crippen LogP contribution in [0.3, 0.4) is 0 Å². The lowest BCUT2D eigenvalue weighted by atomic mass is 10.2. The summed E-state index contributed by atoms with van der Waals surface area (Å²) >= 11 is 5.00. The molecule has 0 aromatic heterocycles. The van der Waals surface area contributed by atoms with E-state index in [-0.39, 0.29) is 0 Å². The lowest BCUT2D eigenvalue weighted by Gasteiger charge is -2.02. The fraction of sp³-hybridized carbons (Fsp3) is 0.182. The molecule has 0 bridgehead atoms. The summed E-state index contributed by atoms with van der Waals surface area (Å²) in [6.45, 7) is 2.04. The van der Waals surface area contributed by atoms with Crippen molar-refractivity contribution in [3.63, 3.8) is 0 Å². The Morgan fingerprint density at radius 3 is 2.57 bits per heavy atom. The van der Waals surface area contributed by atoms with Crippen molar-refractivity contribution in [2.75, 3.05) is 5.75 Å². The van der Waals surface area contributed by atoms with E-state index in [0.29, 0.717) is 0 Å². The smallest absolute Gasteiger partial charge is 0.107 e. The van der Waals surface area contributed by atoms with Gasteiger partial charge in [-0.05, 0) is 27.2 Å². The molecule has 1 aromatic rings. The van der Waals surface area contributed by atoms with Gasteiger partial charge in [0.15, 0.2) is 0 Å². The van der Waals surface area contributed by atoms with Crippen LogP contribution in [0.2, 0.25) is 0 Å². The summed E-state index contributed by atoms with van der Waals surface area (Å²) in [6.07, 6.45) is 0. The van der Waals surface area contributed by atoms with E-state index in [1.54, 1.807) is 11.8 Å². The molecule has 0 atom stereocenters. The fourth-order valence-corrected chi connectivity index (χ4v) is 2.30. The molecule has 0 spiro atoms. The Balaban J connectivity index is 3.03. The lowest BCUT2D eigenvalue weighted by molar-refractivity contribution is 1.51. The van der Waals surface area contributed by atoms with Gasteiger partial charge in [-0.2, -0.15) is 5.26 Å². The van der Waals surface area contributed by atoms with Crippen molar-refractivity contribution in [2.24, 2.45) is 0 Å². The van der Waals surface area contributed by atoms with Crippen molar-refractivity contribution in [1.29, 1.82) is 5.26 Å². The zero-order chi connectivity index (χ0) is 10.4. The van der Waals surface area contributed by atoms with Crippen molar-refractivity contribution < 1.29 is 0 Å². The molecule has 0 fully saturated rings. The van der Waals surface area contributed by atoms with E-state index in [1.165, 1.54) is 0 Å². The van der Waals surface area contributed by atoms with Gasteiger partial charge in [0.1, 0.15) is 6.07 Å². The van der Waals surface area contributed by atoms with Gasteiger partial charge in [0, 0.05) is 4.48 Å². The van der Waals surface area contributed by atoms with E-state index >= 15 is 0 Å². The Hall–Kier alpha value is -0.720. The van der Waals surface area contributed by atoms with E-state index in [0.717, 1.165) is 20.7 Å². The molecular formula is C11H10BrNS. The summed E-state index contributed by atoms with van der Waals surface area (Å²) < 4.78 is 0.882. The monoisotopic (exact) mass is 267 g/mol. The highest BCUT2D eigenvalue weighted by Crippen LogP contribution is 2.30. The molecule has 3 heteroatoms. The number of nitriles is 1. The number of benzene rings is 1. The van der Waals surface area contributed by atoms with Gasteiger partial charge in [-0.15, -0.1) is 11.8 Å². The molecule has 0 saturated carbocycles. The first-order valence-corrected chi connectivity index (χ1v) is 6.05. The van der Waals surface area contributed by atoms with Gasteiger partial charge in [-0.3, -0.25) is 0 Å². The summed E-state index contributed by atoms with van der Waals surface area (Å²) in [6, 6.07) is 12.0. The molecule has 1 aromatic carbocycles. The van der Waals surface area contributed by atoms with E-state index in [2.05, 4.69) is 22.0 Å². The third-order valence-corrected chi connectivity index (χ3v) is 3.61. The zero-order valence-corrected chi connectivity index (χ0v) is 10.2. The van der Waals surface area contributed by atoms with Gasteiger partial charge in [-0.25, -0.2) is 0 Å². The van der Waals surface area contributed by atoms with E-state index in [1.807, 2.05) is 37.3 Å². The van der Waals surface area contributed by atoms with Crippen LogP contribution in [0.4, 0.5) is 0 Å². The van der Waals surface area contributed by atoms with Gasteiger partial charge in [0.2, 0.25) is 0 Å². The van der Waals surface area contributed by atoms with E-state index < -0.39 is 0 Å². The van der Waals surface area contributed by atoms with E-state index in [9.17, 15) is 0 Å². The van der Waals surface area contributed by atoms with Crippen molar-refractivity contribution >= 4 is 32.2 Å². The normalized spacial score (nSPS) is 11.8. The predicted octanol–water partition coefficient (Wildman–Crippen LogP) is 4.03. The van der Waals surface area contributed by atoms with Crippen LogP contribution in [-0.2, 0) is 0 Å². The molecule has 0 saturated heterocycles. The van der Waals surface area contributed by atoms with Crippen LogP contribution in [0.5, 0.6) is 0 Å². The average Bonchev–Trinajstić information content (AvgIpc) is 2.26. The molecule has 0 aliphatic carbocycles. The molecule has 0 aliphatic heterocycles. The molecule has 0 unspecified atom stereocenters. The maximum absolute atomic E-state index is 8.93. The minimum Gasteiger partial charge on any atom is -0.192 e. The number of rotatable bonds is 3.